The molecule has 0 unspecified atom stereocenters. The molecular weight excluding hydrogens is 328 g/mol. The Bertz CT molecular complexity index is 815. The third kappa shape index (κ3) is 4.63. The van der Waals surface area contributed by atoms with E-state index >= 15 is 0 Å². The number of likely N-dealkylation sites (tertiary alicyclic amines) is 1. The molecule has 1 amide bonds. The molecule has 10 nitrogen and oxygen atoms in total. The van der Waals surface area contributed by atoms with Gasteiger partial charge in [-0.25, -0.2) is 9.59 Å². The number of nitrogens with zero attached hydrogens (tertiary/aromatic N) is 5. The Hall–Kier alpha value is -2.74. The fourth-order valence-electron chi connectivity index (χ4n) is 2.75. The average Bonchev–Trinajstić information content (AvgIpc) is 2.86. The van der Waals surface area contributed by atoms with E-state index < -0.39 is 22.9 Å². The highest BCUT2D eigenvalue weighted by Crippen LogP contribution is 2.24. The quantitative estimate of drug-likeness (QED) is 0.502. The molecule has 2 heterocycles. The molecule has 10 heteroatoms. The second-order valence-electron chi connectivity index (χ2n) is 7.10. The van der Waals surface area contributed by atoms with Gasteiger partial charge in [0.1, 0.15) is 5.60 Å². The number of hydrogen-bond donors (Lipinski definition) is 1. The standard InChI is InChI=1S/C15H22N6O4/c1-9-6-20(13(23)17-12(9)22)8-11-5-10(18-19-16)7-21(11)14(24)25-15(2,3)4/h6,10-11H,5,7-8H2,1-4H3,(H,17,22,23)/t10-,11-/m0/s1. The Labute approximate surface area is 144 Å². The number of rotatable bonds is 3. The van der Waals surface area contributed by atoms with Crippen LogP contribution in [-0.2, 0) is 11.3 Å². The highest BCUT2D eigenvalue weighted by Gasteiger charge is 2.37. The van der Waals surface area contributed by atoms with E-state index in [0.717, 1.165) is 0 Å². The number of azide groups is 1. The molecule has 136 valence electrons. The first kappa shape index (κ1) is 18.6. The fraction of sp³-hybridized carbons (Fsp3) is 0.667. The van der Waals surface area contributed by atoms with E-state index in [1.807, 2.05) is 0 Å². The third-order valence-corrected chi connectivity index (χ3v) is 3.83. The first-order valence-corrected chi connectivity index (χ1v) is 7.95. The average molecular weight is 350 g/mol. The smallest absolute Gasteiger partial charge is 0.410 e. The number of nitrogens with one attached hydrogen (secondary N) is 1. The number of aromatic amines is 1. The Morgan fingerprint density at radius 2 is 2.16 bits per heavy atom. The Morgan fingerprint density at radius 1 is 1.48 bits per heavy atom. The van der Waals surface area contributed by atoms with Gasteiger partial charge < -0.3 is 9.64 Å². The Balaban J connectivity index is 2.27. The van der Waals surface area contributed by atoms with E-state index in [1.54, 1.807) is 27.7 Å². The van der Waals surface area contributed by atoms with Gasteiger partial charge in [-0.2, -0.15) is 0 Å². The van der Waals surface area contributed by atoms with Crippen molar-refractivity contribution in [2.45, 2.75) is 58.3 Å². The number of amides is 1. The number of carbonyl (C=O) groups is 1. The molecule has 1 fully saturated rings. The van der Waals surface area contributed by atoms with Crippen LogP contribution in [0.3, 0.4) is 0 Å². The predicted molar refractivity (Wildman–Crippen MR) is 90.3 cm³/mol. The minimum absolute atomic E-state index is 0.174. The molecule has 0 radical (unpaired) electrons. The van der Waals surface area contributed by atoms with Crippen molar-refractivity contribution in [2.75, 3.05) is 6.54 Å². The molecule has 1 aromatic rings. The Kier molecular flexibility index (Phi) is 5.22. The molecule has 1 N–H and O–H groups in total. The molecule has 0 bridgehead atoms. The molecule has 1 aliphatic rings. The second kappa shape index (κ2) is 7.02. The zero-order chi connectivity index (χ0) is 18.8. The van der Waals surface area contributed by atoms with Gasteiger partial charge in [0.15, 0.2) is 0 Å². The van der Waals surface area contributed by atoms with Crippen molar-refractivity contribution in [3.8, 4) is 0 Å². The van der Waals surface area contributed by atoms with Crippen LogP contribution in [0.2, 0.25) is 0 Å². The minimum atomic E-state index is -0.663. The third-order valence-electron chi connectivity index (χ3n) is 3.83. The maximum Gasteiger partial charge on any atom is 0.410 e. The molecule has 2 atom stereocenters. The zero-order valence-electron chi connectivity index (χ0n) is 14.7. The van der Waals surface area contributed by atoms with Gasteiger partial charge in [-0.15, -0.1) is 0 Å². The maximum atomic E-state index is 12.4. The number of aryl methyl sites for hydroxylation is 1. The summed E-state index contributed by atoms with van der Waals surface area (Å²) in [6, 6.07) is -0.768. The van der Waals surface area contributed by atoms with Gasteiger partial charge in [0, 0.05) is 29.8 Å². The summed E-state index contributed by atoms with van der Waals surface area (Å²) in [5.74, 6) is 0. The Morgan fingerprint density at radius 3 is 2.76 bits per heavy atom. The molecule has 0 aliphatic carbocycles. The highest BCUT2D eigenvalue weighted by molar-refractivity contribution is 5.69. The molecule has 0 spiro atoms. The van der Waals surface area contributed by atoms with Crippen LogP contribution in [0, 0.1) is 6.92 Å². The van der Waals surface area contributed by atoms with Crippen LogP contribution in [0.4, 0.5) is 4.79 Å². The summed E-state index contributed by atoms with van der Waals surface area (Å²) in [5, 5.41) is 3.68. The lowest BCUT2D eigenvalue weighted by molar-refractivity contribution is 0.0211. The molecule has 1 saturated heterocycles. The van der Waals surface area contributed by atoms with Crippen LogP contribution in [0.15, 0.2) is 20.9 Å². The van der Waals surface area contributed by atoms with Crippen LogP contribution in [-0.4, -0.2) is 44.8 Å². The van der Waals surface area contributed by atoms with Gasteiger partial charge in [0.2, 0.25) is 0 Å². The van der Waals surface area contributed by atoms with E-state index in [-0.39, 0.29) is 25.2 Å². The summed E-state index contributed by atoms with van der Waals surface area (Å²) in [5.41, 5.74) is 7.40. The fourth-order valence-corrected chi connectivity index (χ4v) is 2.75. The van der Waals surface area contributed by atoms with E-state index in [0.29, 0.717) is 12.0 Å². The molecule has 2 rings (SSSR count). The van der Waals surface area contributed by atoms with Crippen LogP contribution < -0.4 is 11.2 Å². The summed E-state index contributed by atoms with van der Waals surface area (Å²) in [7, 11) is 0. The van der Waals surface area contributed by atoms with Gasteiger partial charge in [-0.05, 0) is 39.6 Å². The summed E-state index contributed by atoms with van der Waals surface area (Å²) in [6.07, 6.45) is 1.34. The monoisotopic (exact) mass is 350 g/mol. The lowest BCUT2D eigenvalue weighted by atomic mass is 10.2. The number of aromatic nitrogens is 2. The van der Waals surface area contributed by atoms with E-state index in [9.17, 15) is 14.4 Å². The predicted octanol–water partition coefficient (Wildman–Crippen LogP) is 1.53. The number of H-pyrrole nitrogens is 1. The van der Waals surface area contributed by atoms with Crippen molar-refractivity contribution in [2.24, 2.45) is 5.11 Å². The van der Waals surface area contributed by atoms with Crippen molar-refractivity contribution in [1.82, 2.24) is 14.5 Å². The van der Waals surface area contributed by atoms with E-state index in [2.05, 4.69) is 15.0 Å². The van der Waals surface area contributed by atoms with Crippen molar-refractivity contribution < 1.29 is 9.53 Å². The van der Waals surface area contributed by atoms with Crippen molar-refractivity contribution >= 4 is 6.09 Å². The lowest BCUT2D eigenvalue weighted by Crippen LogP contribution is -2.43. The second-order valence-corrected chi connectivity index (χ2v) is 7.10. The first-order chi connectivity index (χ1) is 11.6. The van der Waals surface area contributed by atoms with Gasteiger partial charge >= 0.3 is 11.8 Å². The molecule has 25 heavy (non-hydrogen) atoms. The first-order valence-electron chi connectivity index (χ1n) is 7.95. The topological polar surface area (TPSA) is 133 Å². The zero-order valence-corrected chi connectivity index (χ0v) is 14.7. The normalized spacial score (nSPS) is 20.2. The maximum absolute atomic E-state index is 12.4. The van der Waals surface area contributed by atoms with Crippen molar-refractivity contribution in [3.05, 3.63) is 43.0 Å². The van der Waals surface area contributed by atoms with Gasteiger partial charge in [-0.1, -0.05) is 5.11 Å². The molecule has 1 aliphatic heterocycles. The van der Waals surface area contributed by atoms with E-state index in [1.165, 1.54) is 15.7 Å². The van der Waals surface area contributed by atoms with Crippen molar-refractivity contribution in [3.63, 3.8) is 0 Å². The number of ether oxygens (including phenoxy) is 1. The number of carbonyl (C=O) groups excluding carboxylic acids is 1. The SMILES string of the molecule is Cc1cn(C[C@@H]2C[C@H](N=[N+]=[N-])CN2C(=O)OC(C)(C)C)c(=O)[nH]c1=O. The largest absolute Gasteiger partial charge is 0.444 e. The number of hydrogen-bond acceptors (Lipinski definition) is 5. The summed E-state index contributed by atoms with van der Waals surface area (Å²) in [6.45, 7) is 7.27. The summed E-state index contributed by atoms with van der Waals surface area (Å²) < 4.78 is 6.74. The highest BCUT2D eigenvalue weighted by atomic mass is 16.6. The molecular formula is C15H22N6O4. The van der Waals surface area contributed by atoms with Crippen LogP contribution >= 0.6 is 0 Å². The van der Waals surface area contributed by atoms with Crippen molar-refractivity contribution in [1.29, 1.82) is 0 Å². The minimum Gasteiger partial charge on any atom is -0.444 e. The van der Waals surface area contributed by atoms with Gasteiger partial charge in [-0.3, -0.25) is 14.3 Å². The summed E-state index contributed by atoms with van der Waals surface area (Å²) in [4.78, 5) is 42.4. The molecule has 0 saturated carbocycles. The van der Waals surface area contributed by atoms with Crippen LogP contribution in [0.1, 0.15) is 32.8 Å². The van der Waals surface area contributed by atoms with E-state index in [4.69, 9.17) is 10.3 Å². The van der Waals surface area contributed by atoms with Gasteiger partial charge in [0.05, 0.1) is 12.1 Å². The lowest BCUT2D eigenvalue weighted by Gasteiger charge is -2.28. The van der Waals surface area contributed by atoms with Gasteiger partial charge in [0.25, 0.3) is 5.56 Å². The molecule has 1 aromatic heterocycles. The molecule has 0 aromatic carbocycles. The van der Waals surface area contributed by atoms with Crippen LogP contribution in [0.25, 0.3) is 10.4 Å². The van der Waals surface area contributed by atoms with Crippen LogP contribution in [0.5, 0.6) is 0 Å². The summed E-state index contributed by atoms with van der Waals surface area (Å²) >= 11 is 0.